The molecule has 1 N–H and O–H groups in total. The van der Waals surface area contributed by atoms with Crippen LogP contribution in [0.1, 0.15) is 56.0 Å². The summed E-state index contributed by atoms with van der Waals surface area (Å²) in [6, 6.07) is 32.7. The molecule has 0 spiro atoms. The van der Waals surface area contributed by atoms with E-state index in [1.54, 1.807) is 0 Å². The molecule has 0 unspecified atom stereocenters. The summed E-state index contributed by atoms with van der Waals surface area (Å²) in [5.41, 5.74) is 1.07. The van der Waals surface area contributed by atoms with Gasteiger partial charge in [-0.25, -0.2) is 0 Å². The molecule has 1 amide bonds. The number of nitro benzene ring substituents is 2. The highest BCUT2D eigenvalue weighted by Gasteiger charge is 2.51. The normalized spacial score (nSPS) is 12.5. The standard InChI is InChI=1S/C35H36N4O5Si/c1-5-25(23-36-34(40)26-20-27(38(41)42)22-28(21-26)39(43)44)32-24-37(33-19-13-12-18-31(32)33)45(35(2,3)4,29-14-8-6-9-15-29)30-16-10-7-11-17-30/h6-22,24-25H,5,23H2,1-4H3,(H,36,40)/t25-/m0/s1. The Bertz CT molecular complexity index is 1790. The zero-order chi connectivity index (χ0) is 32.4. The number of benzene rings is 4. The number of carbonyl (C=O) groups excluding carboxylic acids is 1. The average molecular weight is 621 g/mol. The maximum Gasteiger partial charge on any atom is 0.277 e. The van der Waals surface area contributed by atoms with Gasteiger partial charge in [0.2, 0.25) is 8.24 Å². The fourth-order valence-electron chi connectivity index (χ4n) is 6.57. The van der Waals surface area contributed by atoms with E-state index in [1.807, 2.05) is 18.2 Å². The van der Waals surface area contributed by atoms with Crippen molar-refractivity contribution in [2.75, 3.05) is 6.54 Å². The Labute approximate surface area is 262 Å². The molecule has 5 rings (SSSR count). The first-order valence-electron chi connectivity index (χ1n) is 14.9. The van der Waals surface area contributed by atoms with Crippen molar-refractivity contribution in [2.24, 2.45) is 0 Å². The number of fused-ring (bicyclic) bond motifs is 1. The van der Waals surface area contributed by atoms with Crippen LogP contribution in [0.2, 0.25) is 5.04 Å². The van der Waals surface area contributed by atoms with Crippen LogP contribution in [0, 0.1) is 20.2 Å². The van der Waals surface area contributed by atoms with Crippen LogP contribution in [0.4, 0.5) is 11.4 Å². The van der Waals surface area contributed by atoms with Gasteiger partial charge in [0.15, 0.2) is 0 Å². The van der Waals surface area contributed by atoms with Crippen molar-refractivity contribution in [1.82, 2.24) is 9.55 Å². The number of nitro groups is 2. The molecule has 0 saturated heterocycles. The summed E-state index contributed by atoms with van der Waals surface area (Å²) in [6.45, 7) is 9.24. The fourth-order valence-corrected chi connectivity index (χ4v) is 12.2. The SMILES string of the molecule is CC[C@@H](CNC(=O)c1cc([N+](=O)[O-])cc([N+](=O)[O-])c1)c1cn([Si](c2ccccc2)(c2ccccc2)C(C)(C)C)c2ccccc12. The number of nitrogens with zero attached hydrogens (tertiary/aromatic N) is 3. The van der Waals surface area contributed by atoms with Gasteiger partial charge in [-0.1, -0.05) is 107 Å². The Morgan fingerprint density at radius 2 is 1.33 bits per heavy atom. The first kappa shape index (κ1) is 31.3. The lowest BCUT2D eigenvalue weighted by molar-refractivity contribution is -0.394. The molecule has 4 aromatic carbocycles. The summed E-state index contributed by atoms with van der Waals surface area (Å²) in [7, 11) is -2.76. The largest absolute Gasteiger partial charge is 0.365 e. The van der Waals surface area contributed by atoms with Crippen molar-refractivity contribution in [3.63, 3.8) is 0 Å². The van der Waals surface area contributed by atoms with E-state index >= 15 is 0 Å². The van der Waals surface area contributed by atoms with Gasteiger partial charge >= 0.3 is 0 Å². The third-order valence-corrected chi connectivity index (χ3v) is 14.2. The van der Waals surface area contributed by atoms with E-state index in [2.05, 4.69) is 110 Å². The molecule has 0 fully saturated rings. The fraction of sp³-hybridized carbons (Fsp3) is 0.229. The number of aromatic nitrogens is 1. The van der Waals surface area contributed by atoms with E-state index in [0.29, 0.717) is 6.42 Å². The number of para-hydroxylation sites is 1. The van der Waals surface area contributed by atoms with Crippen LogP contribution in [0.15, 0.2) is 109 Å². The summed E-state index contributed by atoms with van der Waals surface area (Å²) in [4.78, 5) is 34.5. The van der Waals surface area contributed by atoms with E-state index in [4.69, 9.17) is 0 Å². The van der Waals surface area contributed by atoms with Crippen molar-refractivity contribution >= 4 is 46.8 Å². The zero-order valence-electron chi connectivity index (χ0n) is 25.8. The average Bonchev–Trinajstić information content (AvgIpc) is 3.41. The predicted octanol–water partition coefficient (Wildman–Crippen LogP) is 6.79. The lowest BCUT2D eigenvalue weighted by Crippen LogP contribution is -2.69. The summed E-state index contributed by atoms with van der Waals surface area (Å²) in [6.07, 6.45) is 2.98. The van der Waals surface area contributed by atoms with Crippen LogP contribution in [0.3, 0.4) is 0 Å². The van der Waals surface area contributed by atoms with Crippen molar-refractivity contribution in [3.8, 4) is 0 Å². The van der Waals surface area contributed by atoms with Gasteiger partial charge in [-0.3, -0.25) is 25.0 Å². The molecule has 0 aliphatic rings. The maximum absolute atomic E-state index is 13.2. The molecular weight excluding hydrogens is 584 g/mol. The molecule has 1 aromatic heterocycles. The molecule has 230 valence electrons. The lowest BCUT2D eigenvalue weighted by Gasteiger charge is -2.45. The van der Waals surface area contributed by atoms with E-state index in [1.165, 1.54) is 10.4 Å². The number of amides is 1. The summed E-state index contributed by atoms with van der Waals surface area (Å²) >= 11 is 0. The minimum atomic E-state index is -2.76. The van der Waals surface area contributed by atoms with Crippen LogP contribution in [-0.4, -0.2) is 34.8 Å². The van der Waals surface area contributed by atoms with E-state index < -0.39 is 35.4 Å². The van der Waals surface area contributed by atoms with Crippen molar-refractivity contribution in [1.29, 1.82) is 0 Å². The van der Waals surface area contributed by atoms with Gasteiger partial charge < -0.3 is 9.55 Å². The Balaban J connectivity index is 1.62. The van der Waals surface area contributed by atoms with Crippen molar-refractivity contribution < 1.29 is 14.6 Å². The third kappa shape index (κ3) is 5.76. The summed E-state index contributed by atoms with van der Waals surface area (Å²) in [5, 5.41) is 29.2. The number of non-ortho nitro benzene ring substituents is 2. The molecule has 0 bridgehead atoms. The Hall–Kier alpha value is -5.09. The first-order chi connectivity index (χ1) is 21.5. The Kier molecular flexibility index (Phi) is 8.70. The molecule has 5 aromatic rings. The van der Waals surface area contributed by atoms with Gasteiger partial charge in [-0.2, -0.15) is 0 Å². The smallest absolute Gasteiger partial charge is 0.277 e. The highest BCUT2D eigenvalue weighted by Crippen LogP contribution is 2.41. The van der Waals surface area contributed by atoms with Gasteiger partial charge in [0.05, 0.1) is 21.5 Å². The van der Waals surface area contributed by atoms with Gasteiger partial charge in [0.1, 0.15) is 0 Å². The topological polar surface area (TPSA) is 120 Å². The molecule has 0 saturated carbocycles. The third-order valence-electron chi connectivity index (χ3n) is 8.60. The molecule has 1 atom stereocenters. The van der Waals surface area contributed by atoms with Crippen molar-refractivity contribution in [3.05, 3.63) is 141 Å². The molecule has 0 aliphatic heterocycles. The van der Waals surface area contributed by atoms with E-state index in [-0.39, 0.29) is 23.1 Å². The summed E-state index contributed by atoms with van der Waals surface area (Å²) in [5.74, 6) is -0.692. The number of hydrogen-bond acceptors (Lipinski definition) is 5. The van der Waals surface area contributed by atoms with Crippen LogP contribution in [0.25, 0.3) is 10.9 Å². The highest BCUT2D eigenvalue weighted by molar-refractivity contribution is 7.03. The van der Waals surface area contributed by atoms with Crippen LogP contribution >= 0.6 is 0 Å². The molecule has 10 heteroatoms. The molecule has 9 nitrogen and oxygen atoms in total. The predicted molar refractivity (Wildman–Crippen MR) is 180 cm³/mol. The molecule has 45 heavy (non-hydrogen) atoms. The number of nitrogens with one attached hydrogen (secondary N) is 1. The first-order valence-corrected chi connectivity index (χ1v) is 16.9. The number of carbonyl (C=O) groups is 1. The second-order valence-corrected chi connectivity index (χ2v) is 16.8. The van der Waals surface area contributed by atoms with E-state index in [9.17, 15) is 25.0 Å². The number of hydrogen-bond donors (Lipinski definition) is 1. The lowest BCUT2D eigenvalue weighted by atomic mass is 9.96. The zero-order valence-corrected chi connectivity index (χ0v) is 26.8. The minimum absolute atomic E-state index is 0.0907. The minimum Gasteiger partial charge on any atom is -0.365 e. The van der Waals surface area contributed by atoms with Gasteiger partial charge in [0, 0.05) is 41.7 Å². The molecule has 0 radical (unpaired) electrons. The van der Waals surface area contributed by atoms with Gasteiger partial charge in [-0.05, 0) is 33.5 Å². The second-order valence-electron chi connectivity index (χ2n) is 12.2. The monoisotopic (exact) mass is 620 g/mol. The van der Waals surface area contributed by atoms with Crippen molar-refractivity contribution in [2.45, 2.75) is 45.1 Å². The maximum atomic E-state index is 13.2. The van der Waals surface area contributed by atoms with Crippen LogP contribution in [0.5, 0.6) is 0 Å². The molecule has 1 heterocycles. The van der Waals surface area contributed by atoms with Crippen LogP contribution in [-0.2, 0) is 0 Å². The van der Waals surface area contributed by atoms with Gasteiger partial charge in [-0.15, -0.1) is 0 Å². The second kappa shape index (κ2) is 12.5. The Morgan fingerprint density at radius 3 is 1.82 bits per heavy atom. The van der Waals surface area contributed by atoms with Gasteiger partial charge in [0.25, 0.3) is 17.3 Å². The molecule has 0 aliphatic carbocycles. The quantitative estimate of drug-likeness (QED) is 0.105. The molecular formula is C35H36N4O5Si. The Morgan fingerprint density at radius 1 is 0.822 bits per heavy atom. The van der Waals surface area contributed by atoms with E-state index in [0.717, 1.165) is 34.7 Å². The highest BCUT2D eigenvalue weighted by atomic mass is 28.3. The number of rotatable bonds is 10. The summed E-state index contributed by atoms with van der Waals surface area (Å²) < 4.78 is 2.51. The van der Waals surface area contributed by atoms with Crippen LogP contribution < -0.4 is 15.7 Å².